The molecule has 3 rings (SSSR count). The minimum atomic E-state index is -0.0307. The van der Waals surface area contributed by atoms with E-state index >= 15 is 0 Å². The molecule has 28 heavy (non-hydrogen) atoms. The normalized spacial score (nSPS) is 11.1. The van der Waals surface area contributed by atoms with Gasteiger partial charge in [-0.3, -0.25) is 4.79 Å². The summed E-state index contributed by atoms with van der Waals surface area (Å²) in [4.78, 5) is 20.0. The number of fused-ring (bicyclic) bond motifs is 1. The molecule has 0 spiro atoms. The maximum Gasteiger partial charge on any atom is 0.255 e. The molecular weight excluding hydrogens is 370 g/mol. The molecular formula is C23H28ClN3O. The molecule has 2 aromatic carbocycles. The van der Waals surface area contributed by atoms with E-state index in [0.29, 0.717) is 23.7 Å². The largest absolute Gasteiger partial charge is 0.331 e. The molecule has 5 heteroatoms. The van der Waals surface area contributed by atoms with Crippen molar-refractivity contribution >= 4 is 28.5 Å². The van der Waals surface area contributed by atoms with E-state index in [1.807, 2.05) is 35.2 Å². The van der Waals surface area contributed by atoms with Crippen LogP contribution in [0.25, 0.3) is 11.0 Å². The Kier molecular flexibility index (Phi) is 7.10. The lowest BCUT2D eigenvalue weighted by Gasteiger charge is -2.23. The van der Waals surface area contributed by atoms with Gasteiger partial charge in [0.2, 0.25) is 0 Å². The van der Waals surface area contributed by atoms with E-state index in [0.717, 1.165) is 49.1 Å². The number of nitrogens with zero attached hydrogens (tertiary/aromatic N) is 3. The quantitative estimate of drug-likeness (QED) is 0.419. The average molecular weight is 398 g/mol. The Morgan fingerprint density at radius 1 is 1.04 bits per heavy atom. The first-order valence-corrected chi connectivity index (χ1v) is 10.5. The number of hydrogen-bond donors (Lipinski definition) is 0. The van der Waals surface area contributed by atoms with Crippen molar-refractivity contribution in [1.82, 2.24) is 14.5 Å². The van der Waals surface area contributed by atoms with Crippen molar-refractivity contribution in [3.8, 4) is 0 Å². The molecule has 0 aliphatic heterocycles. The second-order valence-electron chi connectivity index (χ2n) is 7.08. The van der Waals surface area contributed by atoms with Gasteiger partial charge in [0.1, 0.15) is 5.82 Å². The van der Waals surface area contributed by atoms with Crippen LogP contribution >= 0.6 is 11.6 Å². The first-order valence-electron chi connectivity index (χ1n) is 10.1. The molecule has 148 valence electrons. The van der Waals surface area contributed by atoms with Crippen LogP contribution < -0.4 is 0 Å². The molecule has 0 saturated heterocycles. The number of rotatable bonds is 9. The molecule has 3 aromatic rings. The Morgan fingerprint density at radius 2 is 1.79 bits per heavy atom. The third kappa shape index (κ3) is 4.56. The number of aromatic nitrogens is 2. The van der Waals surface area contributed by atoms with Crippen molar-refractivity contribution in [2.45, 2.75) is 52.6 Å². The Balaban J connectivity index is 1.93. The van der Waals surface area contributed by atoms with Crippen LogP contribution in [0.1, 0.15) is 55.7 Å². The van der Waals surface area contributed by atoms with Crippen LogP contribution in [0.4, 0.5) is 0 Å². The molecule has 0 fully saturated rings. The molecule has 1 heterocycles. The summed E-state index contributed by atoms with van der Waals surface area (Å²) in [6.07, 6.45) is 4.20. The molecule has 4 nitrogen and oxygen atoms in total. The number of aryl methyl sites for hydroxylation is 1. The fraction of sp³-hybridized carbons (Fsp3) is 0.391. The summed E-state index contributed by atoms with van der Waals surface area (Å²) < 4.78 is 2.24. The van der Waals surface area contributed by atoms with E-state index in [-0.39, 0.29) is 5.91 Å². The molecule has 0 radical (unpaired) electrons. The summed E-state index contributed by atoms with van der Waals surface area (Å²) in [6.45, 7) is 6.40. The molecule has 0 bridgehead atoms. The van der Waals surface area contributed by atoms with E-state index in [2.05, 4.69) is 24.5 Å². The minimum Gasteiger partial charge on any atom is -0.331 e. The van der Waals surface area contributed by atoms with Gasteiger partial charge in [0.15, 0.2) is 0 Å². The van der Waals surface area contributed by atoms with Crippen molar-refractivity contribution in [2.75, 3.05) is 6.54 Å². The topological polar surface area (TPSA) is 38.1 Å². The molecule has 1 aromatic heterocycles. The first-order chi connectivity index (χ1) is 13.7. The van der Waals surface area contributed by atoms with Gasteiger partial charge in [0.05, 0.1) is 28.2 Å². The minimum absolute atomic E-state index is 0.0307. The summed E-state index contributed by atoms with van der Waals surface area (Å²) in [5.41, 5.74) is 2.65. The highest BCUT2D eigenvalue weighted by Gasteiger charge is 2.21. The zero-order valence-electron chi connectivity index (χ0n) is 16.7. The number of hydrogen-bond acceptors (Lipinski definition) is 2. The number of para-hydroxylation sites is 2. The lowest BCUT2D eigenvalue weighted by molar-refractivity contribution is 0.0734. The van der Waals surface area contributed by atoms with Crippen LogP contribution in [0.3, 0.4) is 0 Å². The Morgan fingerprint density at radius 3 is 2.54 bits per heavy atom. The van der Waals surface area contributed by atoms with Gasteiger partial charge < -0.3 is 9.47 Å². The average Bonchev–Trinajstić information content (AvgIpc) is 3.05. The highest BCUT2D eigenvalue weighted by Crippen LogP contribution is 2.21. The van der Waals surface area contributed by atoms with Crippen LogP contribution in [-0.2, 0) is 13.1 Å². The predicted octanol–water partition coefficient (Wildman–Crippen LogP) is 5.93. The van der Waals surface area contributed by atoms with Gasteiger partial charge in [-0.05, 0) is 37.1 Å². The van der Waals surface area contributed by atoms with Crippen molar-refractivity contribution in [2.24, 2.45) is 0 Å². The Labute approximate surface area is 172 Å². The monoisotopic (exact) mass is 397 g/mol. The van der Waals surface area contributed by atoms with Crippen LogP contribution in [0.15, 0.2) is 48.5 Å². The van der Waals surface area contributed by atoms with Crippen molar-refractivity contribution < 1.29 is 4.79 Å². The lowest BCUT2D eigenvalue weighted by Crippen LogP contribution is -2.33. The maximum absolute atomic E-state index is 13.3. The summed E-state index contributed by atoms with van der Waals surface area (Å²) in [5.74, 6) is 0.900. The number of unbranched alkanes of at least 4 members (excludes halogenated alkanes) is 2. The van der Waals surface area contributed by atoms with E-state index < -0.39 is 0 Å². The number of imidazole rings is 1. The van der Waals surface area contributed by atoms with Crippen molar-refractivity contribution in [1.29, 1.82) is 0 Å². The van der Waals surface area contributed by atoms with E-state index in [9.17, 15) is 4.79 Å². The summed E-state index contributed by atoms with van der Waals surface area (Å²) in [5, 5.41) is 0.495. The Hall–Kier alpha value is -2.33. The molecule has 0 N–H and O–H groups in total. The standard InChI is InChI=1S/C23H28ClN3O/c1-3-5-10-16-26(23(28)18-11-6-7-12-19(18)24)17-22-25-20-13-8-9-14-21(20)27(22)15-4-2/h6-9,11-14H,3-5,10,15-17H2,1-2H3. The molecule has 0 aliphatic carbocycles. The van der Waals surface area contributed by atoms with Crippen molar-refractivity contribution in [3.05, 3.63) is 64.9 Å². The summed E-state index contributed by atoms with van der Waals surface area (Å²) in [7, 11) is 0. The number of halogens is 1. The fourth-order valence-corrected chi connectivity index (χ4v) is 3.72. The molecule has 1 amide bonds. The third-order valence-electron chi connectivity index (χ3n) is 4.94. The van der Waals surface area contributed by atoms with Crippen LogP contribution in [0.5, 0.6) is 0 Å². The smallest absolute Gasteiger partial charge is 0.255 e. The van der Waals surface area contributed by atoms with E-state index in [1.54, 1.807) is 12.1 Å². The maximum atomic E-state index is 13.3. The number of carbonyl (C=O) groups is 1. The zero-order chi connectivity index (χ0) is 19.9. The highest BCUT2D eigenvalue weighted by molar-refractivity contribution is 6.33. The van der Waals surface area contributed by atoms with Gasteiger partial charge in [-0.15, -0.1) is 0 Å². The van der Waals surface area contributed by atoms with Crippen LogP contribution in [-0.4, -0.2) is 26.9 Å². The SMILES string of the molecule is CCCCCN(Cc1nc2ccccc2n1CCC)C(=O)c1ccccc1Cl. The number of benzene rings is 2. The van der Waals surface area contributed by atoms with Crippen LogP contribution in [0, 0.1) is 0 Å². The predicted molar refractivity (Wildman–Crippen MR) is 116 cm³/mol. The zero-order valence-corrected chi connectivity index (χ0v) is 17.5. The summed E-state index contributed by atoms with van der Waals surface area (Å²) >= 11 is 6.30. The van der Waals surface area contributed by atoms with E-state index in [4.69, 9.17) is 16.6 Å². The second-order valence-corrected chi connectivity index (χ2v) is 7.49. The van der Waals surface area contributed by atoms with Crippen molar-refractivity contribution in [3.63, 3.8) is 0 Å². The number of amides is 1. The summed E-state index contributed by atoms with van der Waals surface area (Å²) in [6, 6.07) is 15.4. The molecule has 0 aliphatic rings. The van der Waals surface area contributed by atoms with Gasteiger partial charge in [0.25, 0.3) is 5.91 Å². The number of carbonyl (C=O) groups excluding carboxylic acids is 1. The van der Waals surface area contributed by atoms with Gasteiger partial charge >= 0.3 is 0 Å². The van der Waals surface area contributed by atoms with Gasteiger partial charge in [0, 0.05) is 13.1 Å². The first kappa shape index (κ1) is 20.4. The molecule has 0 unspecified atom stereocenters. The molecule has 0 saturated carbocycles. The van der Waals surface area contributed by atoms with Gasteiger partial charge in [-0.2, -0.15) is 0 Å². The Bertz CT molecular complexity index is 934. The second kappa shape index (κ2) is 9.74. The van der Waals surface area contributed by atoms with Gasteiger partial charge in [-0.25, -0.2) is 4.98 Å². The van der Waals surface area contributed by atoms with Crippen LogP contribution in [0.2, 0.25) is 5.02 Å². The highest BCUT2D eigenvalue weighted by atomic mass is 35.5. The van der Waals surface area contributed by atoms with Gasteiger partial charge in [-0.1, -0.05) is 62.6 Å². The fourth-order valence-electron chi connectivity index (χ4n) is 3.50. The molecule has 0 atom stereocenters. The third-order valence-corrected chi connectivity index (χ3v) is 5.27. The lowest BCUT2D eigenvalue weighted by atomic mass is 10.1. The van der Waals surface area contributed by atoms with E-state index in [1.165, 1.54) is 0 Å².